The molecule has 1 saturated heterocycles. The highest BCUT2D eigenvalue weighted by atomic mass is 32.2. The second kappa shape index (κ2) is 7.87. The molecule has 2 unspecified atom stereocenters. The Morgan fingerprint density at radius 3 is 2.04 bits per heavy atom. The molecule has 1 heterocycles. The zero-order valence-electron chi connectivity index (χ0n) is 17.6. The highest BCUT2D eigenvalue weighted by molar-refractivity contribution is 7.90. The Kier molecular flexibility index (Phi) is 6.64. The average Bonchev–Trinajstić information content (AvgIpc) is 2.46. The van der Waals surface area contributed by atoms with Gasteiger partial charge in [-0.05, 0) is 73.1 Å². The largest absolute Gasteiger partial charge is 0.598 e. The minimum atomic E-state index is -4.45. The van der Waals surface area contributed by atoms with Crippen LogP contribution in [0.15, 0.2) is 0 Å². The third-order valence-corrected chi connectivity index (χ3v) is 6.99. The lowest BCUT2D eigenvalue weighted by Crippen LogP contribution is -2.61. The molecule has 2 rings (SSSR count). The van der Waals surface area contributed by atoms with Gasteiger partial charge in [0.25, 0.3) is 0 Å². The number of rotatable bonds is 3. The fourth-order valence-corrected chi connectivity index (χ4v) is 4.75. The number of hydrogen-bond acceptors (Lipinski definition) is 4. The van der Waals surface area contributed by atoms with Crippen LogP contribution in [0.4, 0.5) is 18.0 Å². The normalized spacial score (nSPS) is 23.3. The summed E-state index contributed by atoms with van der Waals surface area (Å²) in [5.74, 6) is -0.604. The van der Waals surface area contributed by atoms with Crippen molar-refractivity contribution < 1.29 is 27.3 Å². The van der Waals surface area contributed by atoms with Crippen molar-refractivity contribution in [3.05, 3.63) is 0 Å². The van der Waals surface area contributed by atoms with Gasteiger partial charge in [0.15, 0.2) is 6.04 Å². The number of amides is 1. The van der Waals surface area contributed by atoms with Crippen molar-refractivity contribution in [2.24, 2.45) is 11.3 Å². The molecule has 0 aromatic rings. The molecule has 0 bridgehead atoms. The van der Waals surface area contributed by atoms with Gasteiger partial charge in [0.05, 0.1) is 0 Å². The van der Waals surface area contributed by atoms with Crippen LogP contribution in [0.25, 0.3) is 0 Å². The van der Waals surface area contributed by atoms with Crippen molar-refractivity contribution in [2.45, 2.75) is 89.8 Å². The van der Waals surface area contributed by atoms with Gasteiger partial charge in [0.2, 0.25) is 0 Å². The number of nitrogens with one attached hydrogen (secondary N) is 1. The monoisotopic (exact) mass is 426 g/mol. The maximum atomic E-state index is 13.6. The minimum Gasteiger partial charge on any atom is -0.598 e. The number of hydrogen-bond donors (Lipinski definition) is 1. The summed E-state index contributed by atoms with van der Waals surface area (Å²) < 4.78 is 60.0. The average molecular weight is 427 g/mol. The van der Waals surface area contributed by atoms with E-state index in [0.717, 1.165) is 0 Å². The van der Waals surface area contributed by atoms with Gasteiger partial charge >= 0.3 is 12.3 Å². The number of ether oxygens (including phenoxy) is 1. The third-order valence-electron chi connectivity index (χ3n) is 5.41. The summed E-state index contributed by atoms with van der Waals surface area (Å²) >= 11 is -1.78. The smallest absolute Gasteiger partial charge is 0.410 e. The second-order valence-corrected chi connectivity index (χ2v) is 12.2. The quantitative estimate of drug-likeness (QED) is 0.680. The van der Waals surface area contributed by atoms with Crippen LogP contribution in [0.2, 0.25) is 0 Å². The van der Waals surface area contributed by atoms with Gasteiger partial charge in [-0.2, -0.15) is 13.2 Å². The zero-order valence-corrected chi connectivity index (χ0v) is 18.4. The van der Waals surface area contributed by atoms with Gasteiger partial charge in [-0.15, -0.1) is 4.72 Å². The summed E-state index contributed by atoms with van der Waals surface area (Å²) in [7, 11) is 0. The molecule has 2 atom stereocenters. The molecule has 1 spiro atoms. The molecule has 1 aliphatic heterocycles. The molecule has 1 aliphatic carbocycles. The lowest BCUT2D eigenvalue weighted by Gasteiger charge is -2.53. The van der Waals surface area contributed by atoms with E-state index in [1.807, 2.05) is 0 Å². The van der Waals surface area contributed by atoms with Crippen LogP contribution in [0.3, 0.4) is 0 Å². The summed E-state index contributed by atoms with van der Waals surface area (Å²) in [6, 6.07) is -1.77. The minimum absolute atomic E-state index is 0.104. The van der Waals surface area contributed by atoms with Crippen molar-refractivity contribution >= 4 is 17.5 Å². The van der Waals surface area contributed by atoms with Gasteiger partial charge in [0, 0.05) is 29.9 Å². The maximum absolute atomic E-state index is 13.6. The molecular weight excluding hydrogens is 393 g/mol. The number of alkyl halides is 3. The summed E-state index contributed by atoms with van der Waals surface area (Å²) in [6.45, 7) is 11.4. The topological polar surface area (TPSA) is 64.6 Å². The van der Waals surface area contributed by atoms with Crippen LogP contribution in [0.1, 0.15) is 67.2 Å². The van der Waals surface area contributed by atoms with Crippen LogP contribution < -0.4 is 4.72 Å². The van der Waals surface area contributed by atoms with Crippen LogP contribution >= 0.6 is 0 Å². The van der Waals surface area contributed by atoms with Gasteiger partial charge in [-0.3, -0.25) is 0 Å². The van der Waals surface area contributed by atoms with Gasteiger partial charge in [0.1, 0.15) is 10.3 Å². The summed E-state index contributed by atoms with van der Waals surface area (Å²) in [6.07, 6.45) is -2.74. The van der Waals surface area contributed by atoms with Crippen molar-refractivity contribution in [1.29, 1.82) is 0 Å². The molecule has 2 fully saturated rings. The molecule has 2 aliphatic rings. The van der Waals surface area contributed by atoms with E-state index in [-0.39, 0.29) is 11.5 Å². The number of carbonyl (C=O) groups excluding carboxylic acids is 1. The zero-order chi connectivity index (χ0) is 21.5. The van der Waals surface area contributed by atoms with Gasteiger partial charge in [-0.1, -0.05) is 0 Å². The lowest BCUT2D eigenvalue weighted by molar-refractivity contribution is -0.169. The van der Waals surface area contributed by atoms with Crippen molar-refractivity contribution in [3.63, 3.8) is 0 Å². The number of halogens is 3. The molecule has 0 radical (unpaired) electrons. The standard InChI is InChI=1S/C19H33F3N2O3S/c1-16(2,3)27-15(25)24-11-18(12-24)9-7-13(8-10-18)14(19(20,21)22)23-28(26)17(4,5)6/h13-14,23H,7-12H2,1-6H3. The fourth-order valence-electron chi connectivity index (χ4n) is 3.84. The fraction of sp³-hybridized carbons (Fsp3) is 0.947. The summed E-state index contributed by atoms with van der Waals surface area (Å²) in [4.78, 5) is 13.7. The Bertz CT molecular complexity index is 556. The first-order valence-corrected chi connectivity index (χ1v) is 10.9. The van der Waals surface area contributed by atoms with Crippen molar-refractivity contribution in [3.8, 4) is 0 Å². The van der Waals surface area contributed by atoms with Crippen molar-refractivity contribution in [1.82, 2.24) is 9.62 Å². The third kappa shape index (κ3) is 5.92. The molecule has 1 amide bonds. The van der Waals surface area contributed by atoms with Crippen LogP contribution in [0.5, 0.6) is 0 Å². The van der Waals surface area contributed by atoms with Gasteiger partial charge in [-0.25, -0.2) is 4.79 Å². The maximum Gasteiger partial charge on any atom is 0.410 e. The highest BCUT2D eigenvalue weighted by Gasteiger charge is 2.54. The summed E-state index contributed by atoms with van der Waals surface area (Å²) in [5, 5.41) is 0. The van der Waals surface area contributed by atoms with E-state index in [1.165, 1.54) is 0 Å². The van der Waals surface area contributed by atoms with Crippen molar-refractivity contribution in [2.75, 3.05) is 13.1 Å². The van der Waals surface area contributed by atoms with Crippen LogP contribution in [0, 0.1) is 11.3 Å². The first-order chi connectivity index (χ1) is 12.5. The van der Waals surface area contributed by atoms with E-state index < -0.39 is 39.8 Å². The molecule has 164 valence electrons. The lowest BCUT2D eigenvalue weighted by atomic mass is 9.65. The number of carbonyl (C=O) groups is 1. The predicted octanol–water partition coefficient (Wildman–Crippen LogP) is 4.40. The van der Waals surface area contributed by atoms with E-state index in [9.17, 15) is 22.5 Å². The van der Waals surface area contributed by atoms with E-state index in [0.29, 0.717) is 38.8 Å². The Morgan fingerprint density at radius 2 is 1.64 bits per heavy atom. The molecule has 9 heteroatoms. The molecule has 5 nitrogen and oxygen atoms in total. The molecule has 1 N–H and O–H groups in total. The predicted molar refractivity (Wildman–Crippen MR) is 103 cm³/mol. The molecule has 28 heavy (non-hydrogen) atoms. The van der Waals surface area contributed by atoms with Crippen LogP contribution in [-0.2, 0) is 16.1 Å². The van der Waals surface area contributed by atoms with E-state index >= 15 is 0 Å². The number of nitrogens with zero attached hydrogens (tertiary/aromatic N) is 1. The Hall–Kier alpha value is -0.670. The molecule has 1 saturated carbocycles. The Balaban J connectivity index is 1.92. The Morgan fingerprint density at radius 1 is 1.14 bits per heavy atom. The second-order valence-electron chi connectivity index (χ2n) is 10.2. The summed E-state index contributed by atoms with van der Waals surface area (Å²) in [5.41, 5.74) is -0.668. The highest BCUT2D eigenvalue weighted by Crippen LogP contribution is 2.48. The van der Waals surface area contributed by atoms with E-state index in [1.54, 1.807) is 46.4 Å². The molecular formula is C19H33F3N2O3S. The van der Waals surface area contributed by atoms with E-state index in [2.05, 4.69) is 4.72 Å². The SMILES string of the molecule is CC(C)(C)OC(=O)N1CC2(CCC(C(N[S+]([O-])C(C)(C)C)C(F)(F)F)CC2)C1. The van der Waals surface area contributed by atoms with E-state index in [4.69, 9.17) is 4.74 Å². The Labute approximate surface area is 169 Å². The molecule has 0 aromatic carbocycles. The molecule has 0 aromatic heterocycles. The van der Waals surface area contributed by atoms with Gasteiger partial charge < -0.3 is 14.2 Å². The first kappa shape index (κ1) is 23.6. The number of likely N-dealkylation sites (tertiary alicyclic amines) is 1. The first-order valence-electron chi connectivity index (χ1n) is 9.75. The van der Waals surface area contributed by atoms with Crippen LogP contribution in [-0.4, -0.2) is 51.2 Å².